The number of hydrogen-bond acceptors (Lipinski definition) is 5. The predicted octanol–water partition coefficient (Wildman–Crippen LogP) is 3.51. The third-order valence-corrected chi connectivity index (χ3v) is 4.04. The van der Waals surface area contributed by atoms with Crippen molar-refractivity contribution in [3.63, 3.8) is 0 Å². The van der Waals surface area contributed by atoms with Gasteiger partial charge in [0, 0.05) is 47.9 Å². The van der Waals surface area contributed by atoms with E-state index < -0.39 is 0 Å². The van der Waals surface area contributed by atoms with Crippen molar-refractivity contribution in [3.8, 4) is 0 Å². The molecule has 0 fully saturated rings. The molecule has 132 valence electrons. The molecule has 0 atom stereocenters. The number of rotatable bonds is 10. The highest BCUT2D eigenvalue weighted by Crippen LogP contribution is 2.14. The summed E-state index contributed by atoms with van der Waals surface area (Å²) in [6.45, 7) is 0. The fourth-order valence-electron chi connectivity index (χ4n) is 2.61. The minimum atomic E-state index is -0.279. The molecule has 0 aliphatic carbocycles. The fraction of sp³-hybridized carbons (Fsp3) is 0.190. The lowest BCUT2D eigenvalue weighted by atomic mass is 9.97. The normalized spacial score (nSPS) is 10.2. The van der Waals surface area contributed by atoms with E-state index in [2.05, 4.69) is 0 Å². The zero-order valence-electron chi connectivity index (χ0n) is 14.1. The molecule has 2 rings (SSSR count). The minimum Gasteiger partial charge on any atom is -0.300 e. The van der Waals surface area contributed by atoms with Crippen molar-refractivity contribution in [3.05, 3.63) is 70.8 Å². The van der Waals surface area contributed by atoms with E-state index >= 15 is 0 Å². The van der Waals surface area contributed by atoms with Gasteiger partial charge in [-0.3, -0.25) is 24.0 Å². The Bertz CT molecular complexity index is 781. The molecule has 2 aromatic rings. The average Bonchev–Trinajstić information content (AvgIpc) is 2.69. The summed E-state index contributed by atoms with van der Waals surface area (Å²) in [6.07, 6.45) is 1.21. The molecule has 0 aromatic heterocycles. The van der Waals surface area contributed by atoms with Gasteiger partial charge in [-0.25, -0.2) is 0 Å². The van der Waals surface area contributed by atoms with Crippen molar-refractivity contribution in [1.29, 1.82) is 0 Å². The maximum atomic E-state index is 12.2. The Balaban J connectivity index is 1.87. The average molecular weight is 350 g/mol. The fourth-order valence-corrected chi connectivity index (χ4v) is 2.61. The van der Waals surface area contributed by atoms with E-state index in [0.29, 0.717) is 34.8 Å². The predicted molar refractivity (Wildman–Crippen MR) is 95.8 cm³/mol. The smallest absolute Gasteiger partial charge is 0.164 e. The van der Waals surface area contributed by atoms with Crippen molar-refractivity contribution in [2.24, 2.45) is 0 Å². The van der Waals surface area contributed by atoms with E-state index in [9.17, 15) is 24.0 Å². The third kappa shape index (κ3) is 4.89. The van der Waals surface area contributed by atoms with Crippen molar-refractivity contribution < 1.29 is 24.0 Å². The number of hydrogen-bond donors (Lipinski definition) is 0. The largest absolute Gasteiger partial charge is 0.300 e. The Kier molecular flexibility index (Phi) is 6.85. The molecular weight excluding hydrogens is 332 g/mol. The molecule has 0 heterocycles. The van der Waals surface area contributed by atoms with Crippen LogP contribution in [0.2, 0.25) is 0 Å². The first kappa shape index (κ1) is 19.1. The number of aldehydes is 2. The molecule has 0 N–H and O–H groups in total. The van der Waals surface area contributed by atoms with Crippen LogP contribution in [0.15, 0.2) is 48.5 Å². The number of ketones is 3. The molecule has 0 saturated carbocycles. The molecule has 0 bridgehead atoms. The van der Waals surface area contributed by atoms with Crippen LogP contribution >= 0.6 is 0 Å². The van der Waals surface area contributed by atoms with Gasteiger partial charge in [0.25, 0.3) is 0 Å². The quantitative estimate of drug-likeness (QED) is 0.483. The Morgan fingerprint density at radius 3 is 1.38 bits per heavy atom. The molecule has 0 unspecified atom stereocenters. The van der Waals surface area contributed by atoms with E-state index in [1.807, 2.05) is 0 Å². The van der Waals surface area contributed by atoms with Gasteiger partial charge in [0.05, 0.1) is 0 Å². The van der Waals surface area contributed by atoms with Gasteiger partial charge in [0.1, 0.15) is 5.78 Å². The van der Waals surface area contributed by atoms with Crippen molar-refractivity contribution in [2.75, 3.05) is 0 Å². The zero-order valence-corrected chi connectivity index (χ0v) is 14.1. The highest BCUT2D eigenvalue weighted by Gasteiger charge is 2.15. The summed E-state index contributed by atoms with van der Waals surface area (Å²) in [5, 5.41) is 0. The molecule has 0 saturated heterocycles. The summed E-state index contributed by atoms with van der Waals surface area (Å²) in [5.74, 6) is -0.767. The Labute approximate surface area is 151 Å². The molecule has 0 aliphatic rings. The van der Waals surface area contributed by atoms with E-state index in [1.54, 1.807) is 48.5 Å². The zero-order chi connectivity index (χ0) is 18.9. The number of Topliss-reactive ketones (excluding diaryl/α,β-unsaturated/α-hetero) is 3. The van der Waals surface area contributed by atoms with Gasteiger partial charge in [0.15, 0.2) is 24.1 Å². The van der Waals surface area contributed by atoms with Gasteiger partial charge in [-0.05, 0) is 0 Å². The lowest BCUT2D eigenvalue weighted by Crippen LogP contribution is -2.10. The minimum absolute atomic E-state index is 0.00856. The number of carbonyl (C=O) groups is 5. The van der Waals surface area contributed by atoms with Gasteiger partial charge >= 0.3 is 0 Å². The monoisotopic (exact) mass is 350 g/mol. The summed E-state index contributed by atoms with van der Waals surface area (Å²) < 4.78 is 0. The molecule has 0 radical (unpaired) electrons. The van der Waals surface area contributed by atoms with Crippen LogP contribution in [-0.4, -0.2) is 29.9 Å². The van der Waals surface area contributed by atoms with Crippen molar-refractivity contribution >= 4 is 29.9 Å². The second-order valence-electron chi connectivity index (χ2n) is 5.80. The Hall–Kier alpha value is -3.21. The SMILES string of the molecule is O=Cc1ccccc1C(=O)CCC(=O)CCC(=O)c1ccccc1C=O. The van der Waals surface area contributed by atoms with Crippen LogP contribution in [0.5, 0.6) is 0 Å². The number of carbonyl (C=O) groups excluding carboxylic acids is 5. The summed E-state index contributed by atoms with van der Waals surface area (Å²) in [5.41, 5.74) is 1.19. The van der Waals surface area contributed by atoms with Gasteiger partial charge in [0.2, 0.25) is 0 Å². The standard InChI is InChI=1S/C21H18O5/c22-13-15-5-1-3-7-18(15)20(25)11-9-17(24)10-12-21(26)19-8-4-2-6-16(19)14-23/h1-8,13-14H,9-12H2. The summed E-state index contributed by atoms with van der Waals surface area (Å²) >= 11 is 0. The first-order chi connectivity index (χ1) is 12.6. The molecule has 5 nitrogen and oxygen atoms in total. The Morgan fingerprint density at radius 2 is 1.00 bits per heavy atom. The Morgan fingerprint density at radius 1 is 0.615 bits per heavy atom. The highest BCUT2D eigenvalue weighted by molar-refractivity contribution is 6.05. The van der Waals surface area contributed by atoms with Crippen LogP contribution in [-0.2, 0) is 4.79 Å². The topological polar surface area (TPSA) is 85.3 Å². The summed E-state index contributed by atoms with van der Waals surface area (Å²) in [4.78, 5) is 58.2. The lowest BCUT2D eigenvalue weighted by Gasteiger charge is -2.05. The highest BCUT2D eigenvalue weighted by atomic mass is 16.1. The molecular formula is C21H18O5. The lowest BCUT2D eigenvalue weighted by molar-refractivity contribution is -0.119. The van der Waals surface area contributed by atoms with E-state index in [1.165, 1.54) is 0 Å². The van der Waals surface area contributed by atoms with Crippen molar-refractivity contribution in [2.45, 2.75) is 25.7 Å². The molecule has 2 aromatic carbocycles. The summed E-state index contributed by atoms with van der Waals surface area (Å²) in [6, 6.07) is 12.8. The van der Waals surface area contributed by atoms with Crippen LogP contribution in [0, 0.1) is 0 Å². The molecule has 0 spiro atoms. The second kappa shape index (κ2) is 9.32. The van der Waals surface area contributed by atoms with Gasteiger partial charge in [-0.1, -0.05) is 48.5 Å². The van der Waals surface area contributed by atoms with E-state index in [-0.39, 0.29) is 43.0 Å². The van der Waals surface area contributed by atoms with Crippen molar-refractivity contribution in [1.82, 2.24) is 0 Å². The van der Waals surface area contributed by atoms with Crippen LogP contribution in [0.4, 0.5) is 0 Å². The molecule has 0 aliphatic heterocycles. The second-order valence-corrected chi connectivity index (χ2v) is 5.80. The third-order valence-electron chi connectivity index (χ3n) is 4.04. The van der Waals surface area contributed by atoms with E-state index in [4.69, 9.17) is 0 Å². The maximum Gasteiger partial charge on any atom is 0.164 e. The first-order valence-electron chi connectivity index (χ1n) is 8.23. The van der Waals surface area contributed by atoms with Gasteiger partial charge in [-0.2, -0.15) is 0 Å². The van der Waals surface area contributed by atoms with Crippen LogP contribution in [0.1, 0.15) is 67.1 Å². The molecule has 26 heavy (non-hydrogen) atoms. The maximum absolute atomic E-state index is 12.2. The summed E-state index contributed by atoms with van der Waals surface area (Å²) in [7, 11) is 0. The van der Waals surface area contributed by atoms with Gasteiger partial charge in [-0.15, -0.1) is 0 Å². The first-order valence-corrected chi connectivity index (χ1v) is 8.23. The van der Waals surface area contributed by atoms with Crippen LogP contribution in [0.25, 0.3) is 0 Å². The van der Waals surface area contributed by atoms with Gasteiger partial charge < -0.3 is 0 Å². The number of benzene rings is 2. The molecule has 0 amide bonds. The van der Waals surface area contributed by atoms with Crippen LogP contribution < -0.4 is 0 Å². The molecule has 5 heteroatoms. The van der Waals surface area contributed by atoms with E-state index in [0.717, 1.165) is 0 Å². The van der Waals surface area contributed by atoms with Crippen LogP contribution in [0.3, 0.4) is 0 Å².